The molecule has 4 atom stereocenters. The van der Waals surface area contributed by atoms with Gasteiger partial charge in [0.1, 0.15) is 0 Å². The Kier molecular flexibility index (Phi) is 3.70. The third-order valence-electron chi connectivity index (χ3n) is 7.53. The molecule has 4 unspecified atom stereocenters. The van der Waals surface area contributed by atoms with Crippen LogP contribution < -0.4 is 10.2 Å². The number of aliphatic hydroxyl groups is 1. The second kappa shape index (κ2) is 5.35. The van der Waals surface area contributed by atoms with E-state index >= 15 is 0 Å². The Bertz CT molecular complexity index is 984. The van der Waals surface area contributed by atoms with Crippen LogP contribution >= 0.6 is 11.6 Å². The Morgan fingerprint density at radius 3 is 2.54 bits per heavy atom. The molecule has 1 aromatic carbocycles. The summed E-state index contributed by atoms with van der Waals surface area (Å²) in [5, 5.41) is 14.0. The van der Waals surface area contributed by atoms with Crippen molar-refractivity contribution in [3.63, 3.8) is 0 Å². The Balaban J connectivity index is 2.29. The topological polar surface area (TPSA) is 74.2 Å². The largest absolute Gasteiger partial charge is 0.463 e. The molecule has 4 rings (SSSR count). The first-order valence-electron chi connectivity index (χ1n) is 9.30. The van der Waals surface area contributed by atoms with Crippen molar-refractivity contribution in [1.82, 2.24) is 0 Å². The molecule has 28 heavy (non-hydrogen) atoms. The van der Waals surface area contributed by atoms with Gasteiger partial charge in [-0.05, 0) is 13.0 Å². The molecule has 0 radical (unpaired) electrons. The molecule has 0 saturated carbocycles. The number of rotatable bonds is 2. The van der Waals surface area contributed by atoms with E-state index in [0.29, 0.717) is 21.8 Å². The van der Waals surface area contributed by atoms with Crippen molar-refractivity contribution in [2.24, 2.45) is 16.7 Å². The summed E-state index contributed by atoms with van der Waals surface area (Å²) in [5.74, 6) is -1.35. The number of hydrogen-bond acceptors (Lipinski definition) is 3. The minimum absolute atomic E-state index is 0.133. The zero-order valence-corrected chi connectivity index (χ0v) is 17.3. The number of benzene rings is 1. The maximum absolute atomic E-state index is 14.0. The van der Waals surface area contributed by atoms with Gasteiger partial charge in [-0.3, -0.25) is 9.59 Å². The van der Waals surface area contributed by atoms with E-state index in [1.807, 2.05) is 6.92 Å². The predicted molar refractivity (Wildman–Crippen MR) is 107 cm³/mol. The quantitative estimate of drug-likeness (QED) is 0.588. The summed E-state index contributed by atoms with van der Waals surface area (Å²) in [4.78, 5) is 28.8. The van der Waals surface area contributed by atoms with E-state index in [1.54, 1.807) is 56.6 Å². The zero-order valence-electron chi connectivity index (χ0n) is 16.5. The number of carbonyl (C=O) groups excluding carboxylic acids is 2. The van der Waals surface area contributed by atoms with Crippen molar-refractivity contribution in [3.05, 3.63) is 60.1 Å². The third kappa shape index (κ3) is 1.65. The van der Waals surface area contributed by atoms with Crippen LogP contribution in [0, 0.1) is 23.8 Å². The number of hydrogen-bond donors (Lipinski definition) is 2. The van der Waals surface area contributed by atoms with Gasteiger partial charge in [0.25, 0.3) is 5.91 Å². The van der Waals surface area contributed by atoms with Crippen LogP contribution in [0.15, 0.2) is 42.0 Å². The molecule has 0 aromatic heterocycles. The molecule has 6 heteroatoms. The smallest absolute Gasteiger partial charge is 0.264 e. The van der Waals surface area contributed by atoms with E-state index in [-0.39, 0.29) is 5.78 Å². The maximum Gasteiger partial charge on any atom is 0.264 e. The number of nitrogens with zero attached hydrogens (tertiary/aromatic N) is 1. The van der Waals surface area contributed by atoms with Gasteiger partial charge in [-0.2, -0.15) is 7.05 Å². The predicted octanol–water partition coefficient (Wildman–Crippen LogP) is 1.95. The maximum atomic E-state index is 14.0. The fourth-order valence-electron chi connectivity index (χ4n) is 5.52. The first-order valence-corrected chi connectivity index (χ1v) is 9.68. The lowest BCUT2D eigenvalue weighted by atomic mass is 9.56. The van der Waals surface area contributed by atoms with Gasteiger partial charge in [-0.15, -0.1) is 6.58 Å². The Morgan fingerprint density at radius 1 is 1.32 bits per heavy atom. The highest BCUT2D eigenvalue weighted by Crippen LogP contribution is 2.64. The number of Topliss-reactive ketones (excluding diaryl/α,β-unsaturated/α-hetero) is 1. The minimum atomic E-state index is -1.86. The average Bonchev–Trinajstić information content (AvgIpc) is 2.86. The molecular formula is C22H25ClN2O3. The second-order valence-electron chi connectivity index (χ2n) is 8.77. The average molecular weight is 401 g/mol. The molecule has 1 heterocycles. The summed E-state index contributed by atoms with van der Waals surface area (Å²) < 4.78 is 0. The SMILES string of the molecule is C=CC1(C)C(Cl)=CC2C(=O)C1([NH2+][CH2-])c1cccc3c1C(O)(C(=O)N3C)C2(C)C. The van der Waals surface area contributed by atoms with Gasteiger partial charge in [0.05, 0.1) is 17.0 Å². The number of nitrogens with two attached hydrogens (primary N) is 1. The summed E-state index contributed by atoms with van der Waals surface area (Å²) in [6.07, 6.45) is 3.35. The summed E-state index contributed by atoms with van der Waals surface area (Å²) in [6.45, 7) is 9.32. The highest BCUT2D eigenvalue weighted by Gasteiger charge is 2.73. The van der Waals surface area contributed by atoms with E-state index < -0.39 is 33.8 Å². The van der Waals surface area contributed by atoms with Gasteiger partial charge in [0, 0.05) is 28.6 Å². The van der Waals surface area contributed by atoms with Crippen LogP contribution in [0.25, 0.3) is 0 Å². The van der Waals surface area contributed by atoms with Crippen molar-refractivity contribution in [2.75, 3.05) is 11.9 Å². The second-order valence-corrected chi connectivity index (χ2v) is 9.18. The number of likely N-dealkylation sites (N-methyl/N-ethyl adjacent to an activating group) is 1. The van der Waals surface area contributed by atoms with Crippen LogP contribution in [0.1, 0.15) is 31.9 Å². The molecule has 0 fully saturated rings. The van der Waals surface area contributed by atoms with E-state index in [9.17, 15) is 14.7 Å². The van der Waals surface area contributed by atoms with Crippen LogP contribution in [0.5, 0.6) is 0 Å². The Hall–Kier alpha value is -1.95. The molecule has 148 valence electrons. The molecular weight excluding hydrogens is 376 g/mol. The monoisotopic (exact) mass is 400 g/mol. The molecule has 2 bridgehead atoms. The number of allylic oxidation sites excluding steroid dienone is 1. The first kappa shape index (κ1) is 19.4. The lowest BCUT2D eigenvalue weighted by Crippen LogP contribution is -2.96. The fourth-order valence-corrected chi connectivity index (χ4v) is 5.88. The molecule has 1 aliphatic heterocycles. The standard InChI is InChI=1S/C22H25ClN2O3/c1-7-20(4)15(23)11-13-17(26)21(20,24-5)12-9-8-10-14-16(12)22(28,19(13,2)3)18(27)25(14)6/h7-11,13,28H,1,5,24H2,2-4,6H3. The van der Waals surface area contributed by atoms with Gasteiger partial charge in [-0.1, -0.05) is 49.7 Å². The number of amides is 1. The van der Waals surface area contributed by atoms with Crippen molar-refractivity contribution < 1.29 is 20.0 Å². The summed E-state index contributed by atoms with van der Waals surface area (Å²) >= 11 is 6.76. The first-order chi connectivity index (χ1) is 13.0. The van der Waals surface area contributed by atoms with Crippen molar-refractivity contribution >= 4 is 29.0 Å². The van der Waals surface area contributed by atoms with E-state index in [0.717, 1.165) is 0 Å². The van der Waals surface area contributed by atoms with Gasteiger partial charge < -0.3 is 15.3 Å². The van der Waals surface area contributed by atoms with Crippen molar-refractivity contribution in [1.29, 1.82) is 0 Å². The Labute approximate surface area is 170 Å². The molecule has 0 spiro atoms. The van der Waals surface area contributed by atoms with Gasteiger partial charge in [0.2, 0.25) is 5.78 Å². The summed E-state index contributed by atoms with van der Waals surface area (Å²) in [6, 6.07) is 5.39. The summed E-state index contributed by atoms with van der Waals surface area (Å²) in [5.41, 5.74) is -3.55. The number of fused-ring (bicyclic) bond motifs is 3. The number of carbonyl (C=O) groups is 2. The van der Waals surface area contributed by atoms with Crippen LogP contribution in [0.3, 0.4) is 0 Å². The minimum Gasteiger partial charge on any atom is -0.463 e. The number of ketones is 1. The van der Waals surface area contributed by atoms with Gasteiger partial charge >= 0.3 is 0 Å². The van der Waals surface area contributed by atoms with E-state index in [4.69, 9.17) is 11.6 Å². The van der Waals surface area contributed by atoms with Crippen LogP contribution in [0.4, 0.5) is 5.69 Å². The molecule has 3 aliphatic rings. The third-order valence-corrected chi connectivity index (χ3v) is 8.05. The van der Waals surface area contributed by atoms with E-state index in [2.05, 4.69) is 13.6 Å². The molecule has 1 amide bonds. The fraction of sp³-hybridized carbons (Fsp3) is 0.409. The normalized spacial score (nSPS) is 38.0. The van der Waals surface area contributed by atoms with Crippen molar-refractivity contribution in [2.45, 2.75) is 31.9 Å². The van der Waals surface area contributed by atoms with Gasteiger partial charge in [-0.25, -0.2) is 0 Å². The molecule has 2 aliphatic carbocycles. The van der Waals surface area contributed by atoms with E-state index in [1.165, 1.54) is 4.90 Å². The number of quaternary nitrogens is 1. The van der Waals surface area contributed by atoms with Gasteiger partial charge in [0.15, 0.2) is 11.1 Å². The molecule has 3 N–H and O–H groups in total. The summed E-state index contributed by atoms with van der Waals surface area (Å²) in [7, 11) is 5.66. The number of halogens is 1. The lowest BCUT2D eigenvalue weighted by Gasteiger charge is -2.50. The Morgan fingerprint density at radius 2 is 1.96 bits per heavy atom. The van der Waals surface area contributed by atoms with Crippen LogP contribution in [-0.4, -0.2) is 23.8 Å². The van der Waals surface area contributed by atoms with Crippen LogP contribution in [-0.2, 0) is 20.7 Å². The highest BCUT2D eigenvalue weighted by molar-refractivity contribution is 6.31. The molecule has 0 saturated heterocycles. The molecule has 1 aromatic rings. The van der Waals surface area contributed by atoms with Crippen LogP contribution in [0.2, 0.25) is 0 Å². The zero-order chi connectivity index (χ0) is 20.9. The lowest BCUT2D eigenvalue weighted by molar-refractivity contribution is -0.682. The number of anilines is 1. The van der Waals surface area contributed by atoms with Crippen molar-refractivity contribution in [3.8, 4) is 0 Å². The highest BCUT2D eigenvalue weighted by atomic mass is 35.5. The molecule has 5 nitrogen and oxygen atoms in total.